The quantitative estimate of drug-likeness (QED) is 0.124. The second-order valence-corrected chi connectivity index (χ2v) is 12.8. The first-order valence-electron chi connectivity index (χ1n) is 16.9. The molecule has 1 atom stereocenters. The number of rotatable bonds is 7. The zero-order valence-electron chi connectivity index (χ0n) is 27.5. The number of anilines is 1. The number of halogens is 4. The lowest BCUT2D eigenvalue weighted by molar-refractivity contribution is -0.141. The van der Waals surface area contributed by atoms with Crippen molar-refractivity contribution >= 4 is 16.6 Å². The van der Waals surface area contributed by atoms with Gasteiger partial charge in [0.2, 0.25) is 0 Å². The minimum atomic E-state index is -4.75. The lowest BCUT2D eigenvalue weighted by atomic mass is 9.77. The van der Waals surface area contributed by atoms with E-state index in [0.29, 0.717) is 17.6 Å². The van der Waals surface area contributed by atoms with Gasteiger partial charge in [0.1, 0.15) is 11.4 Å². The zero-order valence-corrected chi connectivity index (χ0v) is 27.5. The molecule has 1 aliphatic heterocycles. The fourth-order valence-corrected chi connectivity index (χ4v) is 7.53. The van der Waals surface area contributed by atoms with E-state index in [1.165, 1.54) is 23.0 Å². The van der Waals surface area contributed by atoms with Gasteiger partial charge in [0.15, 0.2) is 5.69 Å². The van der Waals surface area contributed by atoms with Crippen LogP contribution < -0.4 is 4.90 Å². The Morgan fingerprint density at radius 2 is 1.29 bits per heavy atom. The molecular formula is C43H33F4N4. The highest BCUT2D eigenvalue weighted by molar-refractivity contribution is 5.95. The average Bonchev–Trinajstić information content (AvgIpc) is 3.63. The lowest BCUT2D eigenvalue weighted by Gasteiger charge is -2.38. The standard InChI is InChI=1S/C43H33F4N4/c44-35-22-19-30(20-23-35)39-18-10-11-27-50(39)40-25-26-48-38-24-21-31(28-36(38)40)37-29-51(49-41(37)43(45,46)47)42(32-12-4-1-5-13-32,33-14-6-2-7-15-33)34-16-8-3-9-17-34/h1-10,12-17,19-26,28-29,39H,11,18,27H2. The molecule has 1 fully saturated rings. The first-order chi connectivity index (χ1) is 24.8. The molecular weight excluding hydrogens is 648 g/mol. The van der Waals surface area contributed by atoms with Crippen LogP contribution in [0.15, 0.2) is 152 Å². The topological polar surface area (TPSA) is 34.0 Å². The first kappa shape index (κ1) is 32.4. The molecule has 1 aliphatic rings. The molecule has 8 heteroatoms. The molecule has 2 aromatic heterocycles. The molecule has 0 spiro atoms. The van der Waals surface area contributed by atoms with E-state index in [9.17, 15) is 4.39 Å². The maximum absolute atomic E-state index is 15.2. The van der Waals surface area contributed by atoms with E-state index in [0.717, 1.165) is 46.2 Å². The highest BCUT2D eigenvalue weighted by Crippen LogP contribution is 2.45. The van der Waals surface area contributed by atoms with Crippen molar-refractivity contribution in [2.24, 2.45) is 0 Å². The van der Waals surface area contributed by atoms with Crippen LogP contribution >= 0.6 is 0 Å². The third-order valence-corrected chi connectivity index (χ3v) is 9.84. The predicted molar refractivity (Wildman–Crippen MR) is 193 cm³/mol. The molecule has 4 nitrogen and oxygen atoms in total. The van der Waals surface area contributed by atoms with Gasteiger partial charge in [-0.1, -0.05) is 109 Å². The molecule has 253 valence electrons. The molecule has 0 saturated carbocycles. The second-order valence-electron chi connectivity index (χ2n) is 12.8. The number of hydrogen-bond acceptors (Lipinski definition) is 3. The van der Waals surface area contributed by atoms with Crippen molar-refractivity contribution in [1.82, 2.24) is 14.8 Å². The Hall–Kier alpha value is -5.76. The van der Waals surface area contributed by atoms with Crippen LogP contribution in [0, 0.1) is 12.2 Å². The van der Waals surface area contributed by atoms with Gasteiger partial charge in [-0.25, -0.2) is 4.39 Å². The first-order valence-corrected chi connectivity index (χ1v) is 16.9. The van der Waals surface area contributed by atoms with E-state index in [4.69, 9.17) is 0 Å². The second kappa shape index (κ2) is 13.2. The van der Waals surface area contributed by atoms with Gasteiger partial charge >= 0.3 is 6.18 Å². The van der Waals surface area contributed by atoms with Gasteiger partial charge in [-0.05, 0) is 77.4 Å². The van der Waals surface area contributed by atoms with E-state index in [-0.39, 0.29) is 17.4 Å². The third-order valence-electron chi connectivity index (χ3n) is 9.84. The van der Waals surface area contributed by atoms with Crippen molar-refractivity contribution in [3.63, 3.8) is 0 Å². The van der Waals surface area contributed by atoms with Crippen molar-refractivity contribution in [2.75, 3.05) is 11.4 Å². The monoisotopic (exact) mass is 681 g/mol. The molecule has 0 aliphatic carbocycles. The summed E-state index contributed by atoms with van der Waals surface area (Å²) in [6.07, 6.45) is 2.32. The summed E-state index contributed by atoms with van der Waals surface area (Å²) in [5.74, 6) is -0.305. The highest BCUT2D eigenvalue weighted by Gasteiger charge is 2.44. The maximum atomic E-state index is 15.2. The van der Waals surface area contributed by atoms with E-state index in [1.807, 2.05) is 97.1 Å². The number of fused-ring (bicyclic) bond motifs is 1. The van der Waals surface area contributed by atoms with Crippen LogP contribution in [0.5, 0.6) is 0 Å². The number of hydrogen-bond donors (Lipinski definition) is 0. The molecule has 1 radical (unpaired) electrons. The van der Waals surface area contributed by atoms with Gasteiger partial charge in [0.25, 0.3) is 0 Å². The van der Waals surface area contributed by atoms with E-state index in [1.54, 1.807) is 36.5 Å². The summed E-state index contributed by atoms with van der Waals surface area (Å²) in [4.78, 5) is 6.84. The van der Waals surface area contributed by atoms with Gasteiger partial charge in [0.05, 0.1) is 11.6 Å². The van der Waals surface area contributed by atoms with Crippen LogP contribution in [-0.2, 0) is 11.7 Å². The van der Waals surface area contributed by atoms with E-state index >= 15 is 13.2 Å². The maximum Gasteiger partial charge on any atom is 0.435 e. The van der Waals surface area contributed by atoms with E-state index < -0.39 is 17.4 Å². The van der Waals surface area contributed by atoms with Gasteiger partial charge in [-0.2, -0.15) is 18.3 Å². The number of benzene rings is 5. The fourth-order valence-electron chi connectivity index (χ4n) is 7.53. The van der Waals surface area contributed by atoms with Crippen molar-refractivity contribution in [3.8, 4) is 11.1 Å². The highest BCUT2D eigenvalue weighted by atomic mass is 19.4. The zero-order chi connectivity index (χ0) is 35.0. The van der Waals surface area contributed by atoms with Crippen LogP contribution in [0.3, 0.4) is 0 Å². The summed E-state index contributed by atoms with van der Waals surface area (Å²) in [5, 5.41) is 5.17. The van der Waals surface area contributed by atoms with Crippen molar-refractivity contribution in [3.05, 3.63) is 192 Å². The summed E-state index contributed by atoms with van der Waals surface area (Å²) in [5.41, 5.74) is 2.93. The smallest absolute Gasteiger partial charge is 0.364 e. The number of aromatic nitrogens is 3. The summed E-state index contributed by atoms with van der Waals surface area (Å²) < 4.78 is 60.8. The number of alkyl halides is 3. The van der Waals surface area contributed by atoms with Crippen LogP contribution in [0.2, 0.25) is 0 Å². The van der Waals surface area contributed by atoms with Gasteiger partial charge in [0, 0.05) is 35.6 Å². The van der Waals surface area contributed by atoms with Gasteiger partial charge < -0.3 is 4.90 Å². The number of nitrogens with zero attached hydrogens (tertiary/aromatic N) is 4. The normalized spacial score (nSPS) is 15.3. The Kier molecular flexibility index (Phi) is 8.38. The Balaban J connectivity index is 1.34. The molecule has 0 bridgehead atoms. The van der Waals surface area contributed by atoms with Crippen molar-refractivity contribution in [1.29, 1.82) is 0 Å². The molecule has 1 saturated heterocycles. The van der Waals surface area contributed by atoms with Crippen LogP contribution in [0.4, 0.5) is 23.2 Å². The minimum Gasteiger partial charge on any atom is -0.364 e. The van der Waals surface area contributed by atoms with E-state index in [2.05, 4.69) is 21.4 Å². The van der Waals surface area contributed by atoms with Crippen LogP contribution in [-0.4, -0.2) is 21.3 Å². The Bertz CT molecular complexity index is 2170. The van der Waals surface area contributed by atoms with Crippen LogP contribution in [0.1, 0.15) is 46.8 Å². The molecule has 8 rings (SSSR count). The molecule has 0 N–H and O–H groups in total. The summed E-state index contributed by atoms with van der Waals surface area (Å²) in [6.45, 7) is 0.699. The Labute approximate surface area is 293 Å². The molecule has 3 heterocycles. The largest absolute Gasteiger partial charge is 0.435 e. The Morgan fingerprint density at radius 1 is 0.686 bits per heavy atom. The fraction of sp³-hybridized carbons (Fsp3) is 0.140. The minimum absolute atomic E-state index is 0.0339. The summed E-state index contributed by atoms with van der Waals surface area (Å²) in [7, 11) is 0. The SMILES string of the molecule is Fc1ccc(C2C[CH]CCN2c2ccnc3ccc(-c4cn(C(c5ccccc5)(c5ccccc5)c5ccccc5)nc4C(F)(F)F)cc23)cc1. The van der Waals surface area contributed by atoms with Crippen molar-refractivity contribution in [2.45, 2.75) is 30.6 Å². The third kappa shape index (κ3) is 5.84. The summed E-state index contributed by atoms with van der Waals surface area (Å²) >= 11 is 0. The number of piperidine rings is 1. The average molecular weight is 682 g/mol. The van der Waals surface area contributed by atoms with Crippen LogP contribution in [0.25, 0.3) is 22.0 Å². The molecule has 51 heavy (non-hydrogen) atoms. The predicted octanol–water partition coefficient (Wildman–Crippen LogP) is 10.6. The lowest BCUT2D eigenvalue weighted by Crippen LogP contribution is -2.38. The molecule has 1 unspecified atom stereocenters. The number of pyridine rings is 1. The Morgan fingerprint density at radius 3 is 1.88 bits per heavy atom. The van der Waals surface area contributed by atoms with Crippen molar-refractivity contribution < 1.29 is 17.6 Å². The summed E-state index contributed by atoms with van der Waals surface area (Å²) in [6, 6.07) is 42.2. The molecule has 0 amide bonds. The van der Waals surface area contributed by atoms with Gasteiger partial charge in [-0.15, -0.1) is 0 Å². The molecule has 5 aromatic carbocycles. The van der Waals surface area contributed by atoms with Gasteiger partial charge in [-0.3, -0.25) is 9.67 Å². The molecule has 7 aromatic rings.